The highest BCUT2D eigenvalue weighted by Crippen LogP contribution is 2.22. The van der Waals surface area contributed by atoms with Crippen LogP contribution in [0.15, 0.2) is 6.07 Å². The van der Waals surface area contributed by atoms with Gasteiger partial charge in [0.15, 0.2) is 0 Å². The number of hydrogen-bond acceptors (Lipinski definition) is 5. The van der Waals surface area contributed by atoms with Gasteiger partial charge in [-0.1, -0.05) is 0 Å². The first-order valence-electron chi connectivity index (χ1n) is 6.80. The second-order valence-electron chi connectivity index (χ2n) is 6.01. The van der Waals surface area contributed by atoms with Crippen LogP contribution in [0.5, 0.6) is 0 Å². The van der Waals surface area contributed by atoms with Crippen LogP contribution >= 0.6 is 0 Å². The summed E-state index contributed by atoms with van der Waals surface area (Å²) in [5, 5.41) is 3.37. The van der Waals surface area contributed by atoms with Crippen molar-refractivity contribution >= 4 is 11.6 Å². The number of hydrogen-bond donors (Lipinski definition) is 2. The van der Waals surface area contributed by atoms with Crippen molar-refractivity contribution in [2.75, 3.05) is 23.8 Å². The first-order valence-corrected chi connectivity index (χ1v) is 6.80. The fraction of sp³-hybridized carbons (Fsp3) is 0.714. The number of aryl methyl sites for hydroxylation is 1. The first-order chi connectivity index (χ1) is 8.74. The molecule has 19 heavy (non-hydrogen) atoms. The number of nitrogens with one attached hydrogen (secondary N) is 1. The van der Waals surface area contributed by atoms with E-state index in [1.807, 2.05) is 13.0 Å². The Morgan fingerprint density at radius 1 is 1.37 bits per heavy atom. The SMILES string of the molecule is Cc1nc(NC(C)CCN)cc(N(C)C(C)(C)C)n1. The summed E-state index contributed by atoms with van der Waals surface area (Å²) in [4.78, 5) is 11.1. The van der Waals surface area contributed by atoms with Crippen molar-refractivity contribution in [1.29, 1.82) is 0 Å². The summed E-state index contributed by atoms with van der Waals surface area (Å²) in [6.07, 6.45) is 0.924. The molecule has 0 aliphatic rings. The smallest absolute Gasteiger partial charge is 0.134 e. The second-order valence-corrected chi connectivity index (χ2v) is 6.01. The predicted molar refractivity (Wildman–Crippen MR) is 81.7 cm³/mol. The van der Waals surface area contributed by atoms with Crippen LogP contribution in [0, 0.1) is 6.92 Å². The van der Waals surface area contributed by atoms with Crippen molar-refractivity contribution in [2.45, 2.75) is 52.6 Å². The van der Waals surface area contributed by atoms with E-state index in [1.165, 1.54) is 0 Å². The molecule has 1 unspecified atom stereocenters. The fourth-order valence-electron chi connectivity index (χ4n) is 1.72. The number of rotatable bonds is 5. The van der Waals surface area contributed by atoms with Crippen LogP contribution in [0.25, 0.3) is 0 Å². The Morgan fingerprint density at radius 3 is 2.53 bits per heavy atom. The maximum atomic E-state index is 5.57. The zero-order valence-corrected chi connectivity index (χ0v) is 13.0. The van der Waals surface area contributed by atoms with Gasteiger partial charge in [-0.3, -0.25) is 0 Å². The third-order valence-corrected chi connectivity index (χ3v) is 3.17. The number of nitrogens with zero attached hydrogens (tertiary/aromatic N) is 3. The van der Waals surface area contributed by atoms with Crippen molar-refractivity contribution in [1.82, 2.24) is 9.97 Å². The van der Waals surface area contributed by atoms with Crippen LogP contribution in [0.4, 0.5) is 11.6 Å². The van der Waals surface area contributed by atoms with Gasteiger partial charge in [0.2, 0.25) is 0 Å². The summed E-state index contributed by atoms with van der Waals surface area (Å²) in [6.45, 7) is 11.2. The summed E-state index contributed by atoms with van der Waals surface area (Å²) in [5.41, 5.74) is 5.60. The summed E-state index contributed by atoms with van der Waals surface area (Å²) in [6, 6.07) is 2.30. The molecule has 1 aromatic heterocycles. The topological polar surface area (TPSA) is 67.1 Å². The van der Waals surface area contributed by atoms with Gasteiger partial charge in [-0.2, -0.15) is 0 Å². The van der Waals surface area contributed by atoms with Crippen molar-refractivity contribution in [3.05, 3.63) is 11.9 Å². The lowest BCUT2D eigenvalue weighted by atomic mass is 10.1. The highest BCUT2D eigenvalue weighted by Gasteiger charge is 2.19. The normalized spacial score (nSPS) is 13.2. The second kappa shape index (κ2) is 6.19. The van der Waals surface area contributed by atoms with E-state index in [1.54, 1.807) is 0 Å². The van der Waals surface area contributed by atoms with Gasteiger partial charge in [0, 0.05) is 24.7 Å². The molecular formula is C14H27N5. The Bertz CT molecular complexity index is 411. The molecule has 0 spiro atoms. The van der Waals surface area contributed by atoms with Gasteiger partial charge in [0.05, 0.1) is 0 Å². The maximum absolute atomic E-state index is 5.57. The zero-order chi connectivity index (χ0) is 14.6. The molecule has 5 nitrogen and oxygen atoms in total. The average Bonchev–Trinajstić information content (AvgIpc) is 2.26. The van der Waals surface area contributed by atoms with E-state index in [4.69, 9.17) is 5.73 Å². The van der Waals surface area contributed by atoms with Gasteiger partial charge >= 0.3 is 0 Å². The molecule has 0 radical (unpaired) electrons. The molecule has 1 rings (SSSR count). The van der Waals surface area contributed by atoms with E-state index in [-0.39, 0.29) is 5.54 Å². The quantitative estimate of drug-likeness (QED) is 0.854. The van der Waals surface area contributed by atoms with Gasteiger partial charge in [-0.15, -0.1) is 0 Å². The molecule has 1 aromatic rings. The number of nitrogens with two attached hydrogens (primary N) is 1. The van der Waals surface area contributed by atoms with E-state index in [2.05, 4.69) is 54.9 Å². The molecule has 0 aliphatic heterocycles. The Kier molecular flexibility index (Phi) is 5.11. The lowest BCUT2D eigenvalue weighted by molar-refractivity contribution is 0.533. The van der Waals surface area contributed by atoms with E-state index < -0.39 is 0 Å². The van der Waals surface area contributed by atoms with Gasteiger partial charge in [0.1, 0.15) is 17.5 Å². The van der Waals surface area contributed by atoms with Gasteiger partial charge in [-0.25, -0.2) is 9.97 Å². The van der Waals surface area contributed by atoms with Crippen molar-refractivity contribution < 1.29 is 0 Å². The summed E-state index contributed by atoms with van der Waals surface area (Å²) < 4.78 is 0. The molecule has 108 valence electrons. The summed E-state index contributed by atoms with van der Waals surface area (Å²) in [7, 11) is 2.05. The minimum atomic E-state index is 0.0287. The van der Waals surface area contributed by atoms with E-state index in [0.717, 1.165) is 23.9 Å². The van der Waals surface area contributed by atoms with Crippen LogP contribution in [0.1, 0.15) is 39.9 Å². The summed E-state index contributed by atoms with van der Waals surface area (Å²) in [5.74, 6) is 2.57. The highest BCUT2D eigenvalue weighted by atomic mass is 15.2. The van der Waals surface area contributed by atoms with Gasteiger partial charge in [0.25, 0.3) is 0 Å². The Balaban J connectivity index is 2.94. The third kappa shape index (κ3) is 4.67. The highest BCUT2D eigenvalue weighted by molar-refractivity contribution is 5.50. The minimum absolute atomic E-state index is 0.0287. The Hall–Kier alpha value is -1.36. The van der Waals surface area contributed by atoms with Crippen molar-refractivity contribution in [2.24, 2.45) is 5.73 Å². The molecule has 0 aliphatic carbocycles. The van der Waals surface area contributed by atoms with E-state index >= 15 is 0 Å². The predicted octanol–water partition coefficient (Wildman–Crippen LogP) is 2.17. The Morgan fingerprint density at radius 2 is 2.00 bits per heavy atom. The molecular weight excluding hydrogens is 238 g/mol. The van der Waals surface area contributed by atoms with Crippen molar-refractivity contribution in [3.8, 4) is 0 Å². The van der Waals surface area contributed by atoms with Gasteiger partial charge in [-0.05, 0) is 47.6 Å². The van der Waals surface area contributed by atoms with Crippen LogP contribution in [0.2, 0.25) is 0 Å². The summed E-state index contributed by atoms with van der Waals surface area (Å²) >= 11 is 0. The maximum Gasteiger partial charge on any atom is 0.134 e. The molecule has 0 fully saturated rings. The zero-order valence-electron chi connectivity index (χ0n) is 13.0. The lowest BCUT2D eigenvalue weighted by Gasteiger charge is -2.33. The molecule has 1 atom stereocenters. The average molecular weight is 265 g/mol. The first kappa shape index (κ1) is 15.7. The molecule has 0 saturated carbocycles. The minimum Gasteiger partial charge on any atom is -0.367 e. The van der Waals surface area contributed by atoms with Crippen molar-refractivity contribution in [3.63, 3.8) is 0 Å². The van der Waals surface area contributed by atoms with Crippen LogP contribution in [0.3, 0.4) is 0 Å². The largest absolute Gasteiger partial charge is 0.367 e. The third-order valence-electron chi connectivity index (χ3n) is 3.17. The van der Waals surface area contributed by atoms with Crippen LogP contribution < -0.4 is 16.0 Å². The fourth-order valence-corrected chi connectivity index (χ4v) is 1.72. The molecule has 0 aromatic carbocycles. The Labute approximate surface area is 116 Å². The van der Waals surface area contributed by atoms with E-state index in [0.29, 0.717) is 12.6 Å². The van der Waals surface area contributed by atoms with Crippen LogP contribution in [-0.4, -0.2) is 35.1 Å². The monoisotopic (exact) mass is 265 g/mol. The molecule has 0 amide bonds. The van der Waals surface area contributed by atoms with E-state index in [9.17, 15) is 0 Å². The molecule has 0 saturated heterocycles. The lowest BCUT2D eigenvalue weighted by Crippen LogP contribution is -2.38. The number of anilines is 2. The molecule has 0 bridgehead atoms. The molecule has 1 heterocycles. The van der Waals surface area contributed by atoms with Gasteiger partial charge < -0.3 is 16.0 Å². The standard InChI is InChI=1S/C14H27N5/c1-10(7-8-15)16-12-9-13(18-11(2)17-12)19(6)14(3,4)5/h9-10H,7-8,15H2,1-6H3,(H,16,17,18). The molecule has 5 heteroatoms. The number of aromatic nitrogens is 2. The van der Waals surface area contributed by atoms with Crippen LogP contribution in [-0.2, 0) is 0 Å². The molecule has 3 N–H and O–H groups in total.